The van der Waals surface area contributed by atoms with Gasteiger partial charge in [0.15, 0.2) is 11.6 Å². The molecule has 1 aliphatic heterocycles. The van der Waals surface area contributed by atoms with Crippen molar-refractivity contribution < 1.29 is 43.2 Å². The highest BCUT2D eigenvalue weighted by Crippen LogP contribution is 2.34. The number of nitrogens with one attached hydrogen (secondary N) is 3. The van der Waals surface area contributed by atoms with E-state index >= 15 is 8.78 Å². The predicted molar refractivity (Wildman–Crippen MR) is 233 cm³/mol. The average Bonchev–Trinajstić information content (AvgIpc) is 3.30. The third-order valence-electron chi connectivity index (χ3n) is 11.3. The van der Waals surface area contributed by atoms with E-state index in [9.17, 15) is 29.7 Å². The quantitative estimate of drug-likeness (QED) is 0.0430. The molecule has 0 bridgehead atoms. The van der Waals surface area contributed by atoms with Crippen molar-refractivity contribution in [2.24, 2.45) is 5.92 Å². The van der Waals surface area contributed by atoms with Crippen LogP contribution in [-0.4, -0.2) is 76.5 Å². The topological polar surface area (TPSA) is 173 Å². The number of carbonyl (C=O) groups excluding carboxylic acids is 2. The molecule has 2 heterocycles. The number of esters is 1. The SMILES string of the molecule is O=C(NCCCOc1cccc(C(O)(C(=O)OCC2CCN(Cc3ccccc3)CC2)c2ccccc2)c1)c1ccc(CNCC(O)c2ccc(O)c3[nH]c(=O)ccc23)c(F)c1F. The summed E-state index contributed by atoms with van der Waals surface area (Å²) in [7, 11) is 0. The van der Waals surface area contributed by atoms with Gasteiger partial charge in [0.05, 0.1) is 30.4 Å². The number of phenolic OH excluding ortho intramolecular Hbond substituents is 1. The largest absolute Gasteiger partial charge is 0.506 e. The number of aromatic hydroxyl groups is 1. The Bertz CT molecular complexity index is 2570. The number of halogens is 2. The summed E-state index contributed by atoms with van der Waals surface area (Å²) < 4.78 is 41.9. The van der Waals surface area contributed by atoms with Crippen LogP contribution < -0.4 is 20.9 Å². The van der Waals surface area contributed by atoms with Crippen molar-refractivity contribution in [2.45, 2.75) is 44.1 Å². The third-order valence-corrected chi connectivity index (χ3v) is 11.3. The standard InChI is InChI=1S/C49H50F2N4O8/c50-44-34(28-52-29-42(57)38-17-19-41(56)46-39(38)18-20-43(58)54-46)15-16-40(45(44)51)47(59)53-23-8-26-62-37-14-7-13-36(27-37)49(61,35-11-5-2-6-12-35)48(60)63-31-33-21-24-55(25-22-33)30-32-9-3-1-4-10-32/h1-7,9-20,27,33,42,52,56-57,61H,8,21-26,28-31H2,(H,53,59)(H,54,58). The van der Waals surface area contributed by atoms with E-state index < -0.39 is 46.3 Å². The number of piperidine rings is 1. The Kier molecular flexibility index (Phi) is 14.6. The molecule has 14 heteroatoms. The zero-order chi connectivity index (χ0) is 44.3. The molecule has 1 aliphatic rings. The number of nitrogens with zero attached hydrogens (tertiary/aromatic N) is 1. The zero-order valence-corrected chi connectivity index (χ0v) is 34.6. The number of carbonyl (C=O) groups is 2. The van der Waals surface area contributed by atoms with Gasteiger partial charge < -0.3 is 40.4 Å². The van der Waals surface area contributed by atoms with Crippen molar-refractivity contribution in [3.8, 4) is 11.5 Å². The van der Waals surface area contributed by atoms with Crippen molar-refractivity contribution in [1.29, 1.82) is 0 Å². The molecule has 7 rings (SSSR count). The first-order valence-electron chi connectivity index (χ1n) is 20.9. The molecule has 1 amide bonds. The summed E-state index contributed by atoms with van der Waals surface area (Å²) in [6.45, 7) is 2.79. The number of aliphatic hydroxyl groups is 2. The minimum Gasteiger partial charge on any atom is -0.506 e. The van der Waals surface area contributed by atoms with E-state index in [1.165, 1.54) is 42.0 Å². The number of rotatable bonds is 18. The summed E-state index contributed by atoms with van der Waals surface area (Å²) in [5.41, 5.74) is -0.618. The molecule has 6 N–H and O–H groups in total. The summed E-state index contributed by atoms with van der Waals surface area (Å²) in [5, 5.41) is 38.9. The molecule has 1 aromatic heterocycles. The van der Waals surface area contributed by atoms with Gasteiger partial charge in [0.25, 0.3) is 5.91 Å². The van der Waals surface area contributed by atoms with Gasteiger partial charge >= 0.3 is 5.97 Å². The lowest BCUT2D eigenvalue weighted by atomic mass is 9.86. The maximum absolute atomic E-state index is 15.1. The van der Waals surface area contributed by atoms with Crippen LogP contribution in [-0.2, 0) is 28.2 Å². The van der Waals surface area contributed by atoms with E-state index in [1.54, 1.807) is 54.6 Å². The van der Waals surface area contributed by atoms with Gasteiger partial charge in [-0.3, -0.25) is 14.5 Å². The van der Waals surface area contributed by atoms with Crippen LogP contribution in [0.3, 0.4) is 0 Å². The van der Waals surface area contributed by atoms with Crippen LogP contribution in [0.25, 0.3) is 10.9 Å². The van der Waals surface area contributed by atoms with Crippen LogP contribution in [0.2, 0.25) is 0 Å². The van der Waals surface area contributed by atoms with Crippen molar-refractivity contribution in [3.63, 3.8) is 0 Å². The smallest absolute Gasteiger partial charge is 0.347 e. The maximum atomic E-state index is 15.1. The van der Waals surface area contributed by atoms with Gasteiger partial charge in [-0.05, 0) is 85.3 Å². The zero-order valence-electron chi connectivity index (χ0n) is 34.6. The molecule has 328 valence electrons. The number of H-pyrrole nitrogens is 1. The summed E-state index contributed by atoms with van der Waals surface area (Å²) in [6, 6.07) is 33.5. The highest BCUT2D eigenvalue weighted by atomic mass is 19.2. The number of likely N-dealkylation sites (tertiary alicyclic amines) is 1. The Labute approximate surface area is 363 Å². The van der Waals surface area contributed by atoms with Gasteiger partial charge in [0.2, 0.25) is 11.2 Å². The number of amides is 1. The fourth-order valence-corrected chi connectivity index (χ4v) is 7.81. The van der Waals surface area contributed by atoms with Crippen molar-refractivity contribution >= 4 is 22.8 Å². The summed E-state index contributed by atoms with van der Waals surface area (Å²) >= 11 is 0. The monoisotopic (exact) mass is 860 g/mol. The van der Waals surface area contributed by atoms with Crippen LogP contribution in [0, 0.1) is 17.6 Å². The van der Waals surface area contributed by atoms with E-state index in [0.717, 1.165) is 32.5 Å². The number of aromatic nitrogens is 1. The summed E-state index contributed by atoms with van der Waals surface area (Å²) in [4.78, 5) is 43.3. The molecule has 1 saturated heterocycles. The summed E-state index contributed by atoms with van der Waals surface area (Å²) in [5.74, 6) is -3.75. The van der Waals surface area contributed by atoms with E-state index in [2.05, 4.69) is 32.7 Å². The number of ether oxygens (including phenoxy) is 2. The molecule has 0 saturated carbocycles. The van der Waals surface area contributed by atoms with Gasteiger partial charge in [0, 0.05) is 48.8 Å². The highest BCUT2D eigenvalue weighted by Gasteiger charge is 2.42. The van der Waals surface area contributed by atoms with Gasteiger partial charge in [0.1, 0.15) is 11.5 Å². The van der Waals surface area contributed by atoms with Crippen molar-refractivity contribution in [3.05, 3.63) is 177 Å². The molecule has 6 aromatic rings. The second-order valence-corrected chi connectivity index (χ2v) is 15.7. The minimum atomic E-state index is -2.11. The Morgan fingerprint density at radius 2 is 1.60 bits per heavy atom. The second-order valence-electron chi connectivity index (χ2n) is 15.7. The first kappa shape index (κ1) is 44.6. The maximum Gasteiger partial charge on any atom is 0.347 e. The van der Waals surface area contributed by atoms with Crippen LogP contribution in [0.5, 0.6) is 11.5 Å². The summed E-state index contributed by atoms with van der Waals surface area (Å²) in [6.07, 6.45) is 0.921. The van der Waals surface area contributed by atoms with Crippen LogP contribution >= 0.6 is 0 Å². The van der Waals surface area contributed by atoms with E-state index in [1.807, 2.05) is 18.2 Å². The average molecular weight is 861 g/mol. The Balaban J connectivity index is 0.883. The van der Waals surface area contributed by atoms with E-state index in [4.69, 9.17) is 9.47 Å². The van der Waals surface area contributed by atoms with E-state index in [0.29, 0.717) is 28.7 Å². The predicted octanol–water partition coefficient (Wildman–Crippen LogP) is 6.23. The molecule has 12 nitrogen and oxygen atoms in total. The van der Waals surface area contributed by atoms with Gasteiger partial charge in [-0.2, -0.15) is 0 Å². The van der Waals surface area contributed by atoms with Crippen LogP contribution in [0.1, 0.15) is 63.5 Å². The molecular formula is C49H50F2N4O8. The number of aliphatic hydroxyl groups excluding tert-OH is 1. The number of fused-ring (bicyclic) bond motifs is 1. The van der Waals surface area contributed by atoms with Crippen LogP contribution in [0.15, 0.2) is 126 Å². The number of phenols is 1. The molecule has 63 heavy (non-hydrogen) atoms. The first-order valence-corrected chi connectivity index (χ1v) is 20.9. The molecule has 2 unspecified atom stereocenters. The molecule has 2 atom stereocenters. The normalized spacial score (nSPS) is 14.8. The lowest BCUT2D eigenvalue weighted by Gasteiger charge is -2.33. The molecule has 1 fully saturated rings. The molecule has 0 aliphatic carbocycles. The molecule has 5 aromatic carbocycles. The molecule has 0 radical (unpaired) electrons. The van der Waals surface area contributed by atoms with Gasteiger partial charge in [-0.25, -0.2) is 13.6 Å². The number of benzene rings is 5. The van der Waals surface area contributed by atoms with Crippen molar-refractivity contribution in [1.82, 2.24) is 20.5 Å². The number of hydrogen-bond donors (Lipinski definition) is 6. The van der Waals surface area contributed by atoms with Gasteiger partial charge in [-0.15, -0.1) is 0 Å². The lowest BCUT2D eigenvalue weighted by Crippen LogP contribution is -2.40. The number of hydrogen-bond acceptors (Lipinski definition) is 10. The fraction of sp³-hybridized carbons (Fsp3) is 0.286. The molecular weight excluding hydrogens is 811 g/mol. The Morgan fingerprint density at radius 3 is 2.37 bits per heavy atom. The molecule has 0 spiro atoms. The second kappa shape index (κ2) is 20.6. The van der Waals surface area contributed by atoms with Crippen molar-refractivity contribution in [2.75, 3.05) is 39.4 Å². The van der Waals surface area contributed by atoms with Crippen LogP contribution in [0.4, 0.5) is 8.78 Å². The first-order chi connectivity index (χ1) is 30.5. The third kappa shape index (κ3) is 10.8. The minimum absolute atomic E-state index is 0.0605. The highest BCUT2D eigenvalue weighted by molar-refractivity contribution is 5.94. The van der Waals surface area contributed by atoms with Gasteiger partial charge in [-0.1, -0.05) is 84.9 Å². The Morgan fingerprint density at radius 1 is 0.873 bits per heavy atom. The van der Waals surface area contributed by atoms with E-state index in [-0.39, 0.29) is 61.2 Å². The number of pyridine rings is 1. The fourth-order valence-electron chi connectivity index (χ4n) is 7.81. The number of aromatic amines is 1. The lowest BCUT2D eigenvalue weighted by molar-refractivity contribution is -0.164. The Hall–Kier alpha value is -6.45.